The maximum Gasteiger partial charge on any atom is 0.277 e. The number of methoxy groups -OCH3 is 1. The molecule has 0 spiro atoms. The molecule has 0 aliphatic heterocycles. The van der Waals surface area contributed by atoms with Crippen molar-refractivity contribution in [1.82, 2.24) is 19.7 Å². The number of aromatic nitrogens is 4. The van der Waals surface area contributed by atoms with Gasteiger partial charge in [0.1, 0.15) is 0 Å². The summed E-state index contributed by atoms with van der Waals surface area (Å²) in [6.45, 7) is 6.65. The van der Waals surface area contributed by atoms with Gasteiger partial charge < -0.3 is 18.7 Å². The van der Waals surface area contributed by atoms with Crippen molar-refractivity contribution in [2.24, 2.45) is 0 Å². The van der Waals surface area contributed by atoms with Crippen LogP contribution in [0.4, 0.5) is 0 Å². The van der Waals surface area contributed by atoms with Crippen LogP contribution >= 0.6 is 11.8 Å². The normalized spacial score (nSPS) is 12.5. The zero-order valence-electron chi connectivity index (χ0n) is 17.4. The molecule has 3 heterocycles. The smallest absolute Gasteiger partial charge is 0.277 e. The topological polar surface area (TPSA) is 85.9 Å². The fourth-order valence-corrected chi connectivity index (χ4v) is 4.53. The number of thioether (sulfide) groups is 1. The Morgan fingerprint density at radius 3 is 2.90 bits per heavy atom. The molecule has 0 fully saturated rings. The molecule has 0 bridgehead atoms. The second kappa shape index (κ2) is 8.49. The first-order chi connectivity index (χ1) is 14.5. The molecule has 0 amide bonds. The summed E-state index contributed by atoms with van der Waals surface area (Å²) in [6.07, 6.45) is 1.85. The average Bonchev–Trinajstić information content (AvgIpc) is 3.43. The number of Topliss-reactive ketones (excluding diaryl/α,β-unsaturated/α-hetero) is 1. The van der Waals surface area contributed by atoms with Gasteiger partial charge in [-0.25, -0.2) is 0 Å². The van der Waals surface area contributed by atoms with Crippen LogP contribution < -0.4 is 0 Å². The highest BCUT2D eigenvalue weighted by atomic mass is 32.2. The van der Waals surface area contributed by atoms with E-state index in [1.165, 1.54) is 11.8 Å². The number of rotatable bonds is 8. The summed E-state index contributed by atoms with van der Waals surface area (Å²) < 4.78 is 13.2. The molecule has 4 aromatic rings. The molecule has 1 N–H and O–H groups in total. The summed E-state index contributed by atoms with van der Waals surface area (Å²) >= 11 is 1.26. The number of para-hydroxylation sites is 1. The second-order valence-corrected chi connectivity index (χ2v) is 8.22. The monoisotopic (exact) mass is 424 g/mol. The van der Waals surface area contributed by atoms with E-state index in [0.717, 1.165) is 33.4 Å². The van der Waals surface area contributed by atoms with Gasteiger partial charge in [0.15, 0.2) is 5.78 Å². The minimum atomic E-state index is 0.0378. The van der Waals surface area contributed by atoms with Gasteiger partial charge in [-0.1, -0.05) is 30.0 Å². The Kier molecular flexibility index (Phi) is 5.78. The number of nitrogens with one attached hydrogen (secondary N) is 1. The lowest BCUT2D eigenvalue weighted by atomic mass is 10.2. The summed E-state index contributed by atoms with van der Waals surface area (Å²) in [5.41, 5.74) is 4.58. The quantitative estimate of drug-likeness (QED) is 0.322. The van der Waals surface area contributed by atoms with Gasteiger partial charge in [-0.05, 0) is 32.9 Å². The highest BCUT2D eigenvalue weighted by Crippen LogP contribution is 2.30. The standard InChI is InChI=1S/C22H24N4O3S/c1-13-9-17(15(3)26(13)14(2)11-28-4)20(27)12-30-22-25-24-21(29-22)18-10-23-19-8-6-5-7-16(18)19/h5-10,14,23H,11-12H2,1-4H3. The number of ether oxygens (including phenoxy) is 1. The third kappa shape index (κ3) is 3.80. The number of nitrogens with zero attached hydrogens (tertiary/aromatic N) is 3. The van der Waals surface area contributed by atoms with Crippen molar-refractivity contribution >= 4 is 28.4 Å². The average molecular weight is 425 g/mol. The van der Waals surface area contributed by atoms with Crippen molar-refractivity contribution in [1.29, 1.82) is 0 Å². The number of carbonyl (C=O) groups is 1. The zero-order valence-corrected chi connectivity index (χ0v) is 18.2. The molecule has 30 heavy (non-hydrogen) atoms. The Hall–Kier alpha value is -2.84. The second-order valence-electron chi connectivity index (χ2n) is 7.29. The predicted molar refractivity (Wildman–Crippen MR) is 117 cm³/mol. The van der Waals surface area contributed by atoms with Gasteiger partial charge in [0.2, 0.25) is 0 Å². The van der Waals surface area contributed by atoms with Crippen LogP contribution in [0.1, 0.15) is 34.7 Å². The molecule has 1 unspecified atom stereocenters. The van der Waals surface area contributed by atoms with Crippen molar-refractivity contribution in [3.8, 4) is 11.5 Å². The van der Waals surface area contributed by atoms with Gasteiger partial charge in [0.25, 0.3) is 11.1 Å². The molecular formula is C22H24N4O3S. The molecule has 0 aliphatic carbocycles. The van der Waals surface area contributed by atoms with E-state index in [4.69, 9.17) is 9.15 Å². The number of hydrogen-bond donors (Lipinski definition) is 1. The molecule has 8 heteroatoms. The summed E-state index contributed by atoms with van der Waals surface area (Å²) in [5.74, 6) is 0.711. The van der Waals surface area contributed by atoms with E-state index in [0.29, 0.717) is 17.7 Å². The number of hydrogen-bond acceptors (Lipinski definition) is 6. The number of benzene rings is 1. The van der Waals surface area contributed by atoms with Crippen molar-refractivity contribution in [2.45, 2.75) is 32.0 Å². The van der Waals surface area contributed by atoms with Crippen molar-refractivity contribution in [3.05, 3.63) is 53.5 Å². The number of ketones is 1. The third-order valence-electron chi connectivity index (χ3n) is 5.19. The third-order valence-corrected chi connectivity index (χ3v) is 6.00. The van der Waals surface area contributed by atoms with Gasteiger partial charge in [-0.3, -0.25) is 4.79 Å². The van der Waals surface area contributed by atoms with Gasteiger partial charge in [-0.15, -0.1) is 10.2 Å². The van der Waals surface area contributed by atoms with Gasteiger partial charge in [0, 0.05) is 41.2 Å². The lowest BCUT2D eigenvalue weighted by Crippen LogP contribution is -2.14. The zero-order chi connectivity index (χ0) is 21.3. The maximum absolute atomic E-state index is 12.8. The molecular weight excluding hydrogens is 400 g/mol. The highest BCUT2D eigenvalue weighted by molar-refractivity contribution is 7.99. The van der Waals surface area contributed by atoms with Crippen LogP contribution in [0.15, 0.2) is 46.2 Å². The van der Waals surface area contributed by atoms with Gasteiger partial charge >= 0.3 is 0 Å². The van der Waals surface area contributed by atoms with E-state index in [9.17, 15) is 4.79 Å². The van der Waals surface area contributed by atoms with E-state index in [-0.39, 0.29) is 17.6 Å². The van der Waals surface area contributed by atoms with Crippen LogP contribution in [0.5, 0.6) is 0 Å². The summed E-state index contributed by atoms with van der Waals surface area (Å²) in [7, 11) is 1.68. The first-order valence-corrected chi connectivity index (χ1v) is 10.7. The van der Waals surface area contributed by atoms with Crippen LogP contribution in [0, 0.1) is 13.8 Å². The number of aromatic amines is 1. The van der Waals surface area contributed by atoms with Gasteiger partial charge in [-0.2, -0.15) is 0 Å². The minimum Gasteiger partial charge on any atom is -0.411 e. The number of fused-ring (bicyclic) bond motifs is 1. The van der Waals surface area contributed by atoms with E-state index >= 15 is 0 Å². The number of aryl methyl sites for hydroxylation is 1. The van der Waals surface area contributed by atoms with E-state index in [1.54, 1.807) is 7.11 Å². The van der Waals surface area contributed by atoms with E-state index < -0.39 is 0 Å². The van der Waals surface area contributed by atoms with Crippen molar-refractivity contribution in [2.75, 3.05) is 19.5 Å². The molecule has 0 saturated heterocycles. The highest BCUT2D eigenvalue weighted by Gasteiger charge is 2.20. The lowest BCUT2D eigenvalue weighted by Gasteiger charge is -2.17. The summed E-state index contributed by atoms with van der Waals surface area (Å²) in [6, 6.07) is 10.0. The molecule has 0 aliphatic rings. The molecule has 1 atom stereocenters. The van der Waals surface area contributed by atoms with Crippen LogP contribution in [-0.4, -0.2) is 45.0 Å². The fraction of sp³-hybridized carbons (Fsp3) is 0.318. The van der Waals surface area contributed by atoms with E-state index in [2.05, 4.69) is 26.7 Å². The first-order valence-electron chi connectivity index (χ1n) is 9.73. The van der Waals surface area contributed by atoms with Crippen molar-refractivity contribution in [3.63, 3.8) is 0 Å². The Morgan fingerprint density at radius 2 is 2.10 bits per heavy atom. The Bertz CT molecular complexity index is 1190. The van der Waals surface area contributed by atoms with Crippen LogP contribution in [0.3, 0.4) is 0 Å². The molecule has 7 nitrogen and oxygen atoms in total. The van der Waals surface area contributed by atoms with Crippen LogP contribution in [0.2, 0.25) is 0 Å². The van der Waals surface area contributed by atoms with E-state index in [1.807, 2.05) is 50.4 Å². The number of carbonyl (C=O) groups excluding carboxylic acids is 1. The fourth-order valence-electron chi connectivity index (χ4n) is 3.88. The largest absolute Gasteiger partial charge is 0.411 e. The number of H-pyrrole nitrogens is 1. The molecule has 156 valence electrons. The Balaban J connectivity index is 1.47. The summed E-state index contributed by atoms with van der Waals surface area (Å²) in [4.78, 5) is 16.0. The Labute approximate surface area is 178 Å². The van der Waals surface area contributed by atoms with Gasteiger partial charge in [0.05, 0.1) is 24.0 Å². The summed E-state index contributed by atoms with van der Waals surface area (Å²) in [5, 5.41) is 9.65. The molecule has 0 saturated carbocycles. The minimum absolute atomic E-state index is 0.0378. The van der Waals surface area contributed by atoms with Crippen molar-refractivity contribution < 1.29 is 13.9 Å². The first kappa shape index (κ1) is 20.4. The molecule has 1 aromatic carbocycles. The maximum atomic E-state index is 12.8. The van der Waals surface area contributed by atoms with Crippen LogP contribution in [0.25, 0.3) is 22.4 Å². The molecule has 4 rings (SSSR count). The predicted octanol–water partition coefficient (Wildman–Crippen LogP) is 4.82. The lowest BCUT2D eigenvalue weighted by molar-refractivity contribution is 0.102. The molecule has 0 radical (unpaired) electrons. The Morgan fingerprint density at radius 1 is 1.30 bits per heavy atom. The van der Waals surface area contributed by atoms with Crippen LogP contribution in [-0.2, 0) is 4.74 Å². The molecule has 3 aromatic heterocycles. The SMILES string of the molecule is COCC(C)n1c(C)cc(C(=O)CSc2nnc(-c3c[nH]c4ccccc34)o2)c1C.